The van der Waals surface area contributed by atoms with Gasteiger partial charge in [0.25, 0.3) is 0 Å². The second-order valence-corrected chi connectivity index (χ2v) is 9.22. The maximum Gasteiger partial charge on any atom is 0.416 e. The number of anilines is 1. The first-order valence-electron chi connectivity index (χ1n) is 11.3. The Kier molecular flexibility index (Phi) is 6.08. The van der Waals surface area contributed by atoms with Crippen molar-refractivity contribution in [2.24, 2.45) is 11.8 Å². The normalized spacial score (nSPS) is 19.8. The third kappa shape index (κ3) is 4.54. The summed E-state index contributed by atoms with van der Waals surface area (Å²) in [4.78, 5) is 24.8. The van der Waals surface area contributed by atoms with Crippen LogP contribution in [0.3, 0.4) is 0 Å². The number of fused-ring (bicyclic) bond motifs is 1. The number of rotatable bonds is 4. The molecule has 2 aromatic heterocycles. The molecule has 0 aliphatic carbocycles. The topological polar surface area (TPSA) is 75.1 Å². The molecule has 0 radical (unpaired) electrons. The maximum absolute atomic E-state index is 13.0. The Hall–Kier alpha value is -3.27. The van der Waals surface area contributed by atoms with E-state index in [1.807, 2.05) is 16.7 Å². The van der Waals surface area contributed by atoms with Crippen molar-refractivity contribution in [3.8, 4) is 22.5 Å². The number of aromatic nitrogens is 4. The highest BCUT2D eigenvalue weighted by Gasteiger charge is 2.42. The summed E-state index contributed by atoms with van der Waals surface area (Å²) >= 11 is 6.40. The molecule has 5 rings (SSSR count). The molecule has 0 bridgehead atoms. The number of likely N-dealkylation sites (tertiary alicyclic amines) is 1. The van der Waals surface area contributed by atoms with Gasteiger partial charge in [0.1, 0.15) is 11.4 Å². The zero-order valence-corrected chi connectivity index (χ0v) is 19.6. The molecule has 11 heteroatoms. The highest BCUT2D eigenvalue weighted by molar-refractivity contribution is 6.33. The van der Waals surface area contributed by atoms with Crippen molar-refractivity contribution in [2.75, 3.05) is 31.1 Å². The number of benzene rings is 1. The molecule has 2 saturated heterocycles. The van der Waals surface area contributed by atoms with Crippen molar-refractivity contribution < 1.29 is 18.0 Å². The van der Waals surface area contributed by atoms with Crippen LogP contribution in [0.25, 0.3) is 22.5 Å². The van der Waals surface area contributed by atoms with Gasteiger partial charge in [0.15, 0.2) is 0 Å². The Morgan fingerprint density at radius 1 is 1.03 bits per heavy atom. The van der Waals surface area contributed by atoms with Crippen LogP contribution in [0.15, 0.2) is 42.7 Å². The first-order valence-corrected chi connectivity index (χ1v) is 11.7. The molecule has 0 saturated carbocycles. The van der Waals surface area contributed by atoms with E-state index in [9.17, 15) is 18.0 Å². The lowest BCUT2D eigenvalue weighted by Crippen LogP contribution is -2.33. The number of hydrogen-bond donors (Lipinski definition) is 0. The molecule has 4 heterocycles. The molecule has 2 fully saturated rings. The zero-order valence-electron chi connectivity index (χ0n) is 18.8. The van der Waals surface area contributed by atoms with E-state index in [2.05, 4.69) is 15.2 Å². The quantitative estimate of drug-likeness (QED) is 0.520. The van der Waals surface area contributed by atoms with Crippen LogP contribution in [-0.2, 0) is 11.0 Å². The van der Waals surface area contributed by atoms with Crippen LogP contribution in [-0.4, -0.2) is 57.2 Å². The minimum absolute atomic E-state index is 0.166. The lowest BCUT2D eigenvalue weighted by atomic mass is 10.0. The maximum atomic E-state index is 13.0. The number of halogens is 4. The van der Waals surface area contributed by atoms with Gasteiger partial charge in [0, 0.05) is 68.0 Å². The van der Waals surface area contributed by atoms with Gasteiger partial charge in [0.05, 0.1) is 10.6 Å². The van der Waals surface area contributed by atoms with E-state index in [0.717, 1.165) is 12.1 Å². The third-order valence-corrected chi connectivity index (χ3v) is 6.91. The second kappa shape index (κ2) is 9.07. The van der Waals surface area contributed by atoms with E-state index in [0.29, 0.717) is 77.9 Å². The molecule has 1 aromatic carbocycles. The molecule has 35 heavy (non-hydrogen) atoms. The standard InChI is InChI=1S/C24H22ClF3N6O/c1-2-20(35)33-10-15-12-34(13-16(15)11-33)23-30-22(18-7-8-29-9-19(18)25)21(31-32-23)14-3-5-17(6-4-14)24(26,27)28/h3-9,15-16H,2,10-13H2,1H3. The van der Waals surface area contributed by atoms with Crippen molar-refractivity contribution in [1.82, 2.24) is 25.1 Å². The predicted molar refractivity (Wildman–Crippen MR) is 125 cm³/mol. The zero-order chi connectivity index (χ0) is 24.7. The van der Waals surface area contributed by atoms with Crippen molar-refractivity contribution in [3.05, 3.63) is 53.3 Å². The molecule has 0 N–H and O–H groups in total. The fourth-order valence-electron chi connectivity index (χ4n) is 4.80. The fraction of sp³-hybridized carbons (Fsp3) is 0.375. The van der Waals surface area contributed by atoms with Gasteiger partial charge in [-0.25, -0.2) is 4.98 Å². The van der Waals surface area contributed by atoms with Crippen LogP contribution < -0.4 is 4.90 Å². The number of carbonyl (C=O) groups excluding carboxylic acids is 1. The molecule has 7 nitrogen and oxygen atoms in total. The van der Waals surface area contributed by atoms with Gasteiger partial charge in [0.2, 0.25) is 11.9 Å². The molecule has 3 aromatic rings. The van der Waals surface area contributed by atoms with Crippen molar-refractivity contribution in [3.63, 3.8) is 0 Å². The monoisotopic (exact) mass is 502 g/mol. The van der Waals surface area contributed by atoms with Gasteiger partial charge in [-0.3, -0.25) is 9.78 Å². The molecule has 2 atom stereocenters. The Balaban J connectivity index is 1.48. The number of amides is 1. The van der Waals surface area contributed by atoms with Gasteiger partial charge >= 0.3 is 6.18 Å². The number of alkyl halides is 3. The molecule has 2 aliphatic rings. The van der Waals surface area contributed by atoms with Crippen molar-refractivity contribution in [2.45, 2.75) is 19.5 Å². The first kappa shape index (κ1) is 23.5. The summed E-state index contributed by atoms with van der Waals surface area (Å²) in [5, 5.41) is 9.05. The Morgan fingerprint density at radius 3 is 2.31 bits per heavy atom. The summed E-state index contributed by atoms with van der Waals surface area (Å²) in [5.74, 6) is 1.25. The Labute approximate surface area is 205 Å². The molecule has 2 aliphatic heterocycles. The van der Waals surface area contributed by atoms with Gasteiger partial charge < -0.3 is 9.80 Å². The summed E-state index contributed by atoms with van der Waals surface area (Å²) in [6.07, 6.45) is -0.889. The largest absolute Gasteiger partial charge is 0.416 e. The first-order chi connectivity index (χ1) is 16.7. The van der Waals surface area contributed by atoms with E-state index in [1.54, 1.807) is 12.3 Å². The summed E-state index contributed by atoms with van der Waals surface area (Å²) < 4.78 is 39.1. The van der Waals surface area contributed by atoms with Crippen LogP contribution in [0.1, 0.15) is 18.9 Å². The molecular formula is C24H22ClF3N6O. The lowest BCUT2D eigenvalue weighted by molar-refractivity contribution is -0.137. The van der Waals surface area contributed by atoms with Gasteiger partial charge in [-0.05, 0) is 18.2 Å². The van der Waals surface area contributed by atoms with E-state index in [1.165, 1.54) is 18.3 Å². The minimum Gasteiger partial charge on any atom is -0.342 e. The summed E-state index contributed by atoms with van der Waals surface area (Å²) in [6, 6.07) is 6.41. The average molecular weight is 503 g/mol. The third-order valence-electron chi connectivity index (χ3n) is 6.61. The van der Waals surface area contributed by atoms with E-state index in [-0.39, 0.29) is 5.91 Å². The van der Waals surface area contributed by atoms with E-state index >= 15 is 0 Å². The molecule has 182 valence electrons. The molecule has 2 unspecified atom stereocenters. The smallest absolute Gasteiger partial charge is 0.342 e. The summed E-state index contributed by atoms with van der Waals surface area (Å²) in [6.45, 7) is 4.69. The molecule has 0 spiro atoms. The van der Waals surface area contributed by atoms with Crippen LogP contribution in [0, 0.1) is 11.8 Å². The van der Waals surface area contributed by atoms with Crippen molar-refractivity contribution in [1.29, 1.82) is 0 Å². The van der Waals surface area contributed by atoms with Crippen LogP contribution in [0.4, 0.5) is 19.1 Å². The number of hydrogen-bond acceptors (Lipinski definition) is 6. The average Bonchev–Trinajstić information content (AvgIpc) is 3.43. The van der Waals surface area contributed by atoms with Crippen molar-refractivity contribution >= 4 is 23.5 Å². The predicted octanol–water partition coefficient (Wildman–Crippen LogP) is 4.58. The van der Waals surface area contributed by atoms with Crippen LogP contribution in [0.2, 0.25) is 5.02 Å². The Bertz CT molecular complexity index is 1240. The van der Waals surface area contributed by atoms with Gasteiger partial charge in [-0.1, -0.05) is 30.7 Å². The number of pyridine rings is 1. The lowest BCUT2D eigenvalue weighted by Gasteiger charge is -2.22. The number of nitrogens with zero attached hydrogens (tertiary/aromatic N) is 6. The molecular weight excluding hydrogens is 481 g/mol. The van der Waals surface area contributed by atoms with Gasteiger partial charge in [-0.2, -0.15) is 13.2 Å². The van der Waals surface area contributed by atoms with Crippen LogP contribution >= 0.6 is 11.6 Å². The number of carbonyl (C=O) groups is 1. The highest BCUT2D eigenvalue weighted by Crippen LogP contribution is 2.37. The SMILES string of the molecule is CCC(=O)N1CC2CN(c3nnc(-c4ccc(C(F)(F)F)cc4)c(-c4ccncc4Cl)n3)CC2C1. The summed E-state index contributed by atoms with van der Waals surface area (Å²) in [7, 11) is 0. The van der Waals surface area contributed by atoms with E-state index < -0.39 is 11.7 Å². The second-order valence-electron chi connectivity index (χ2n) is 8.82. The minimum atomic E-state index is -4.44. The molecule has 1 amide bonds. The van der Waals surface area contributed by atoms with Gasteiger partial charge in [-0.15, -0.1) is 10.2 Å². The van der Waals surface area contributed by atoms with Crippen LogP contribution in [0.5, 0.6) is 0 Å². The highest BCUT2D eigenvalue weighted by atomic mass is 35.5. The fourth-order valence-corrected chi connectivity index (χ4v) is 5.01. The summed E-state index contributed by atoms with van der Waals surface area (Å²) in [5.41, 5.74) is 1.00. The van der Waals surface area contributed by atoms with E-state index in [4.69, 9.17) is 16.6 Å². The Morgan fingerprint density at radius 2 is 1.71 bits per heavy atom.